The zero-order valence-electron chi connectivity index (χ0n) is 14.4. The van der Waals surface area contributed by atoms with Crippen molar-refractivity contribution in [1.82, 2.24) is 10.6 Å². The Kier molecular flexibility index (Phi) is 6.60. The van der Waals surface area contributed by atoms with E-state index in [0.29, 0.717) is 5.75 Å². The molecule has 0 spiro atoms. The van der Waals surface area contributed by atoms with Crippen molar-refractivity contribution in [2.75, 3.05) is 12.0 Å². The largest absolute Gasteiger partial charge is 0.335 e. The van der Waals surface area contributed by atoms with Gasteiger partial charge in [0.05, 0.1) is 6.04 Å². The van der Waals surface area contributed by atoms with E-state index in [4.69, 9.17) is 0 Å². The van der Waals surface area contributed by atoms with E-state index in [9.17, 15) is 9.00 Å². The summed E-state index contributed by atoms with van der Waals surface area (Å²) >= 11 is 0. The summed E-state index contributed by atoms with van der Waals surface area (Å²) in [5, 5.41) is 5.91. The van der Waals surface area contributed by atoms with Crippen molar-refractivity contribution in [3.8, 4) is 0 Å². The minimum Gasteiger partial charge on any atom is -0.335 e. The number of benzene rings is 1. The van der Waals surface area contributed by atoms with Crippen molar-refractivity contribution in [1.29, 1.82) is 0 Å². The van der Waals surface area contributed by atoms with Crippen LogP contribution >= 0.6 is 0 Å². The molecule has 0 heterocycles. The third kappa shape index (κ3) is 6.18. The van der Waals surface area contributed by atoms with Crippen LogP contribution in [0.2, 0.25) is 0 Å². The van der Waals surface area contributed by atoms with E-state index < -0.39 is 10.8 Å². The van der Waals surface area contributed by atoms with E-state index in [0.717, 1.165) is 5.56 Å². The van der Waals surface area contributed by atoms with E-state index in [-0.39, 0.29) is 23.5 Å². The molecule has 5 heteroatoms. The maximum absolute atomic E-state index is 12.2. The average Bonchev–Trinajstić information content (AvgIpc) is 2.33. The lowest BCUT2D eigenvalue weighted by molar-refractivity contribution is 0.216. The molecule has 22 heavy (non-hydrogen) atoms. The molecule has 4 nitrogen and oxygen atoms in total. The van der Waals surface area contributed by atoms with Gasteiger partial charge < -0.3 is 10.6 Å². The lowest BCUT2D eigenvalue weighted by atomic mass is 9.82. The fraction of sp³-hybridized carbons (Fsp3) is 0.588. The van der Waals surface area contributed by atoms with Crippen molar-refractivity contribution in [2.24, 2.45) is 5.41 Å². The van der Waals surface area contributed by atoms with Crippen LogP contribution in [-0.2, 0) is 10.8 Å². The molecule has 2 N–H and O–H groups in total. The van der Waals surface area contributed by atoms with Gasteiger partial charge in [-0.1, -0.05) is 50.6 Å². The number of carbonyl (C=O) groups excluding carboxylic acids is 1. The molecule has 0 aliphatic heterocycles. The summed E-state index contributed by atoms with van der Waals surface area (Å²) < 4.78 is 11.2. The van der Waals surface area contributed by atoms with E-state index in [2.05, 4.69) is 37.5 Å². The highest BCUT2D eigenvalue weighted by Gasteiger charge is 2.28. The maximum atomic E-state index is 12.2. The number of nitrogens with one attached hydrogen (secondary N) is 2. The third-order valence-electron chi connectivity index (χ3n) is 3.38. The Morgan fingerprint density at radius 3 is 2.41 bits per heavy atom. The van der Waals surface area contributed by atoms with Gasteiger partial charge in [-0.3, -0.25) is 4.21 Å². The Morgan fingerprint density at radius 1 is 1.27 bits per heavy atom. The molecule has 1 aromatic carbocycles. The smallest absolute Gasteiger partial charge is 0.315 e. The zero-order valence-corrected chi connectivity index (χ0v) is 15.2. The van der Waals surface area contributed by atoms with Crippen LogP contribution in [0.15, 0.2) is 24.3 Å². The Hall–Kier alpha value is -1.36. The van der Waals surface area contributed by atoms with Crippen molar-refractivity contribution >= 4 is 16.8 Å². The molecule has 0 unspecified atom stereocenters. The van der Waals surface area contributed by atoms with E-state index >= 15 is 0 Å². The SMILES string of the molecule is Cc1cccc([C@H](NC(=O)N[C@@H](C)C[S@](C)=O)C(C)(C)C)c1. The predicted octanol–water partition coefficient (Wildman–Crippen LogP) is 3.15. The van der Waals surface area contributed by atoms with Crippen LogP contribution in [0.4, 0.5) is 4.79 Å². The van der Waals surface area contributed by atoms with E-state index in [1.54, 1.807) is 6.26 Å². The Bertz CT molecular complexity index is 538. The summed E-state index contributed by atoms with van der Waals surface area (Å²) in [6.45, 7) is 10.2. The van der Waals surface area contributed by atoms with Crippen molar-refractivity contribution in [3.63, 3.8) is 0 Å². The molecular formula is C17H28N2O2S. The molecule has 0 aliphatic carbocycles. The fourth-order valence-electron chi connectivity index (χ4n) is 2.44. The van der Waals surface area contributed by atoms with Gasteiger partial charge in [0.25, 0.3) is 0 Å². The first-order valence-corrected chi connectivity index (χ1v) is 9.26. The number of amides is 2. The van der Waals surface area contributed by atoms with Gasteiger partial charge in [0.1, 0.15) is 0 Å². The molecule has 3 atom stereocenters. The van der Waals surface area contributed by atoms with Gasteiger partial charge in [-0.2, -0.15) is 0 Å². The Labute approximate surface area is 136 Å². The monoisotopic (exact) mass is 324 g/mol. The second kappa shape index (κ2) is 7.77. The van der Waals surface area contributed by atoms with Crippen LogP contribution in [0, 0.1) is 12.3 Å². The first-order valence-electron chi connectivity index (χ1n) is 7.53. The summed E-state index contributed by atoms with van der Waals surface area (Å²) in [7, 11) is -0.923. The van der Waals surface area contributed by atoms with Crippen molar-refractivity contribution < 1.29 is 9.00 Å². The molecular weight excluding hydrogens is 296 g/mol. The molecule has 0 saturated heterocycles. The lowest BCUT2D eigenvalue weighted by Gasteiger charge is -2.32. The summed E-state index contributed by atoms with van der Waals surface area (Å²) in [6, 6.07) is 7.75. The number of aryl methyl sites for hydroxylation is 1. The molecule has 0 bridgehead atoms. The maximum Gasteiger partial charge on any atom is 0.315 e. The number of carbonyl (C=O) groups is 1. The molecule has 0 aliphatic rings. The van der Waals surface area contributed by atoms with E-state index in [1.807, 2.05) is 32.0 Å². The van der Waals surface area contributed by atoms with Gasteiger partial charge in [0.2, 0.25) is 0 Å². The van der Waals surface area contributed by atoms with Gasteiger partial charge in [-0.15, -0.1) is 0 Å². The first kappa shape index (κ1) is 18.7. The topological polar surface area (TPSA) is 58.2 Å². The highest BCUT2D eigenvalue weighted by Crippen LogP contribution is 2.32. The van der Waals surface area contributed by atoms with Crippen molar-refractivity contribution in [3.05, 3.63) is 35.4 Å². The van der Waals surface area contributed by atoms with Crippen LogP contribution in [0.5, 0.6) is 0 Å². The highest BCUT2D eigenvalue weighted by molar-refractivity contribution is 7.84. The normalized spacial score (nSPS) is 15.7. The number of rotatable bonds is 5. The molecule has 0 fully saturated rings. The quantitative estimate of drug-likeness (QED) is 0.874. The molecule has 124 valence electrons. The molecule has 1 rings (SSSR count). The minimum atomic E-state index is -0.923. The number of urea groups is 1. The summed E-state index contributed by atoms with van der Waals surface area (Å²) in [5.74, 6) is 0.456. The van der Waals surface area contributed by atoms with E-state index in [1.165, 1.54) is 5.56 Å². The second-order valence-electron chi connectivity index (χ2n) is 6.97. The average molecular weight is 324 g/mol. The van der Waals surface area contributed by atoms with Crippen LogP contribution in [0.3, 0.4) is 0 Å². The molecule has 0 aromatic heterocycles. The fourth-order valence-corrected chi connectivity index (χ4v) is 3.23. The molecule has 2 amide bonds. The van der Waals surface area contributed by atoms with Gasteiger partial charge in [0.15, 0.2) is 0 Å². The standard InChI is InChI=1S/C17H28N2O2S/c1-12-8-7-9-14(10-12)15(17(3,4)5)19-16(20)18-13(2)11-22(6)21/h7-10,13,15H,11H2,1-6H3,(H2,18,19,20)/t13-,15-,22-/m0/s1. The summed E-state index contributed by atoms with van der Waals surface area (Å²) in [6.07, 6.45) is 1.64. The van der Waals surface area contributed by atoms with Crippen LogP contribution in [0.25, 0.3) is 0 Å². The van der Waals surface area contributed by atoms with Crippen molar-refractivity contribution in [2.45, 2.75) is 46.7 Å². The van der Waals surface area contributed by atoms with Gasteiger partial charge in [0, 0.05) is 28.9 Å². The van der Waals surface area contributed by atoms with Gasteiger partial charge in [-0.25, -0.2) is 4.79 Å². The third-order valence-corrected chi connectivity index (χ3v) is 4.35. The molecule has 0 saturated carbocycles. The van der Waals surface area contributed by atoms with Crippen LogP contribution < -0.4 is 10.6 Å². The Balaban J connectivity index is 2.83. The van der Waals surface area contributed by atoms with Gasteiger partial charge in [-0.05, 0) is 24.8 Å². The number of hydrogen-bond donors (Lipinski definition) is 2. The first-order chi connectivity index (χ1) is 10.1. The second-order valence-corrected chi connectivity index (χ2v) is 8.45. The Morgan fingerprint density at radius 2 is 1.91 bits per heavy atom. The summed E-state index contributed by atoms with van der Waals surface area (Å²) in [5.41, 5.74) is 2.15. The minimum absolute atomic E-state index is 0.0910. The number of hydrogen-bond acceptors (Lipinski definition) is 2. The van der Waals surface area contributed by atoms with Crippen LogP contribution in [-0.4, -0.2) is 28.3 Å². The highest BCUT2D eigenvalue weighted by atomic mass is 32.2. The lowest BCUT2D eigenvalue weighted by Crippen LogP contribution is -2.46. The zero-order chi connectivity index (χ0) is 16.9. The van der Waals surface area contributed by atoms with Crippen LogP contribution in [0.1, 0.15) is 44.9 Å². The molecule has 0 radical (unpaired) electrons. The molecule has 1 aromatic rings. The van der Waals surface area contributed by atoms with Gasteiger partial charge >= 0.3 is 6.03 Å². The summed E-state index contributed by atoms with van der Waals surface area (Å²) in [4.78, 5) is 12.2. The predicted molar refractivity (Wildman–Crippen MR) is 93.4 cm³/mol.